The Balaban J connectivity index is 0.00000256. The van der Waals surface area contributed by atoms with Gasteiger partial charge < -0.3 is 15.0 Å². The first kappa shape index (κ1) is 13.5. The van der Waals surface area contributed by atoms with Crippen molar-refractivity contribution in [1.82, 2.24) is 10.2 Å². The highest BCUT2D eigenvalue weighted by molar-refractivity contribution is 5.78. The SMILES string of the molecule is CNCC(=O)N1CCC(OCC(C)C)CC1.[HH]. The number of hydrogen-bond donors (Lipinski definition) is 1. The van der Waals surface area contributed by atoms with Crippen molar-refractivity contribution in [2.75, 3.05) is 33.3 Å². The maximum atomic E-state index is 11.6. The zero-order chi connectivity index (χ0) is 12.0. The summed E-state index contributed by atoms with van der Waals surface area (Å²) in [5, 5.41) is 2.89. The third kappa shape index (κ3) is 4.49. The normalized spacial score (nSPS) is 18.1. The van der Waals surface area contributed by atoms with E-state index >= 15 is 0 Å². The van der Waals surface area contributed by atoms with Gasteiger partial charge in [-0.3, -0.25) is 4.79 Å². The van der Waals surface area contributed by atoms with Crippen LogP contribution in [0.2, 0.25) is 0 Å². The van der Waals surface area contributed by atoms with E-state index in [2.05, 4.69) is 19.2 Å². The summed E-state index contributed by atoms with van der Waals surface area (Å²) < 4.78 is 5.78. The Kier molecular flexibility index (Phi) is 5.77. The van der Waals surface area contributed by atoms with Crippen LogP contribution in [0.4, 0.5) is 0 Å². The minimum absolute atomic E-state index is 0. The summed E-state index contributed by atoms with van der Waals surface area (Å²) in [6.07, 6.45) is 2.30. The second-order valence-electron chi connectivity index (χ2n) is 4.84. The molecule has 0 spiro atoms. The molecular formula is C12H26N2O2. The van der Waals surface area contributed by atoms with Crippen LogP contribution in [0.15, 0.2) is 0 Å². The molecule has 0 atom stereocenters. The van der Waals surface area contributed by atoms with Crippen LogP contribution in [-0.2, 0) is 9.53 Å². The third-order valence-electron chi connectivity index (χ3n) is 2.79. The van der Waals surface area contributed by atoms with E-state index in [0.29, 0.717) is 18.6 Å². The lowest BCUT2D eigenvalue weighted by atomic mass is 10.1. The minimum atomic E-state index is 0. The lowest BCUT2D eigenvalue weighted by Crippen LogP contribution is -2.44. The molecule has 1 saturated heterocycles. The van der Waals surface area contributed by atoms with Gasteiger partial charge in [-0.15, -0.1) is 0 Å². The third-order valence-corrected chi connectivity index (χ3v) is 2.79. The summed E-state index contributed by atoms with van der Waals surface area (Å²) in [5.41, 5.74) is 0. The Hall–Kier alpha value is -0.610. The molecule has 0 aromatic carbocycles. The van der Waals surface area contributed by atoms with Crippen LogP contribution in [-0.4, -0.2) is 50.2 Å². The Morgan fingerprint density at radius 3 is 2.62 bits per heavy atom. The minimum Gasteiger partial charge on any atom is -0.378 e. The number of rotatable bonds is 5. The Labute approximate surface area is 99.8 Å². The van der Waals surface area contributed by atoms with E-state index in [1.807, 2.05) is 4.90 Å². The predicted octanol–water partition coefficient (Wildman–Crippen LogP) is 1.12. The van der Waals surface area contributed by atoms with Gasteiger partial charge in [0.15, 0.2) is 0 Å². The predicted molar refractivity (Wildman–Crippen MR) is 66.4 cm³/mol. The number of piperidine rings is 1. The molecule has 1 amide bonds. The smallest absolute Gasteiger partial charge is 0.236 e. The molecule has 96 valence electrons. The van der Waals surface area contributed by atoms with Crippen LogP contribution >= 0.6 is 0 Å². The van der Waals surface area contributed by atoms with Crippen molar-refractivity contribution in [2.24, 2.45) is 5.92 Å². The highest BCUT2D eigenvalue weighted by Crippen LogP contribution is 2.14. The molecule has 0 bridgehead atoms. The van der Waals surface area contributed by atoms with Crippen LogP contribution in [0.5, 0.6) is 0 Å². The van der Waals surface area contributed by atoms with Gasteiger partial charge in [0, 0.05) is 21.1 Å². The summed E-state index contributed by atoms with van der Waals surface area (Å²) in [6.45, 7) is 7.26. The van der Waals surface area contributed by atoms with E-state index in [-0.39, 0.29) is 7.33 Å². The molecule has 1 fully saturated rings. The van der Waals surface area contributed by atoms with Crippen molar-refractivity contribution in [3.8, 4) is 0 Å². The average molecular weight is 230 g/mol. The molecule has 4 heteroatoms. The first-order valence-corrected chi connectivity index (χ1v) is 6.17. The van der Waals surface area contributed by atoms with Gasteiger partial charge >= 0.3 is 0 Å². The highest BCUT2D eigenvalue weighted by Gasteiger charge is 2.22. The number of carbonyl (C=O) groups is 1. The molecule has 0 aromatic heterocycles. The molecule has 0 aromatic rings. The molecule has 16 heavy (non-hydrogen) atoms. The second kappa shape index (κ2) is 6.86. The Morgan fingerprint density at radius 2 is 2.12 bits per heavy atom. The molecule has 4 nitrogen and oxygen atoms in total. The van der Waals surface area contributed by atoms with Crippen LogP contribution < -0.4 is 5.32 Å². The van der Waals surface area contributed by atoms with Crippen molar-refractivity contribution in [2.45, 2.75) is 32.8 Å². The molecule has 0 saturated carbocycles. The van der Waals surface area contributed by atoms with Crippen LogP contribution in [0.25, 0.3) is 0 Å². The molecular weight excluding hydrogens is 204 g/mol. The number of likely N-dealkylation sites (N-methyl/N-ethyl adjacent to an activating group) is 1. The molecule has 0 unspecified atom stereocenters. The number of likely N-dealkylation sites (tertiary alicyclic amines) is 1. The standard InChI is InChI=1S/C12H24N2O2.H2/c1-10(2)9-16-11-4-6-14(7-5-11)12(15)8-13-3;/h10-11,13H,4-9H2,1-3H3;1H. The maximum absolute atomic E-state index is 11.6. The van der Waals surface area contributed by atoms with Gasteiger partial charge in [0.2, 0.25) is 5.91 Å². The second-order valence-corrected chi connectivity index (χ2v) is 4.84. The quantitative estimate of drug-likeness (QED) is 0.769. The first-order valence-electron chi connectivity index (χ1n) is 6.17. The summed E-state index contributed by atoms with van der Waals surface area (Å²) in [5.74, 6) is 0.786. The molecule has 1 heterocycles. The number of nitrogens with one attached hydrogen (secondary N) is 1. The van der Waals surface area contributed by atoms with Gasteiger partial charge in [-0.25, -0.2) is 0 Å². The topological polar surface area (TPSA) is 41.6 Å². The molecule has 1 N–H and O–H groups in total. The van der Waals surface area contributed by atoms with Gasteiger partial charge in [0.25, 0.3) is 0 Å². The zero-order valence-corrected chi connectivity index (χ0v) is 10.7. The molecule has 0 radical (unpaired) electrons. The van der Waals surface area contributed by atoms with E-state index < -0.39 is 0 Å². The fraction of sp³-hybridized carbons (Fsp3) is 0.917. The largest absolute Gasteiger partial charge is 0.378 e. The number of carbonyl (C=O) groups excluding carboxylic acids is 1. The van der Waals surface area contributed by atoms with Gasteiger partial charge in [0.05, 0.1) is 12.6 Å². The lowest BCUT2D eigenvalue weighted by molar-refractivity contribution is -0.132. The summed E-state index contributed by atoms with van der Waals surface area (Å²) >= 11 is 0. The van der Waals surface area contributed by atoms with Crippen molar-refractivity contribution in [3.63, 3.8) is 0 Å². The summed E-state index contributed by atoms with van der Waals surface area (Å²) in [7, 11) is 1.80. The van der Waals surface area contributed by atoms with Crippen LogP contribution in [0.3, 0.4) is 0 Å². The number of hydrogen-bond acceptors (Lipinski definition) is 3. The van der Waals surface area contributed by atoms with Crippen LogP contribution in [0.1, 0.15) is 28.1 Å². The van der Waals surface area contributed by atoms with E-state index in [9.17, 15) is 4.79 Å². The highest BCUT2D eigenvalue weighted by atomic mass is 16.5. The molecule has 1 aliphatic heterocycles. The zero-order valence-electron chi connectivity index (χ0n) is 10.7. The Morgan fingerprint density at radius 1 is 1.50 bits per heavy atom. The lowest BCUT2D eigenvalue weighted by Gasteiger charge is -2.32. The van der Waals surface area contributed by atoms with Crippen LogP contribution in [0, 0.1) is 5.92 Å². The average Bonchev–Trinajstić information content (AvgIpc) is 2.27. The Bertz CT molecular complexity index is 217. The molecule has 1 rings (SSSR count). The molecule has 1 aliphatic rings. The van der Waals surface area contributed by atoms with Gasteiger partial charge in [-0.05, 0) is 25.8 Å². The fourth-order valence-electron chi connectivity index (χ4n) is 1.86. The molecule has 0 aliphatic carbocycles. The summed E-state index contributed by atoms with van der Waals surface area (Å²) in [4.78, 5) is 13.5. The number of nitrogens with zero attached hydrogens (tertiary/aromatic N) is 1. The van der Waals surface area contributed by atoms with Gasteiger partial charge in [-0.2, -0.15) is 0 Å². The monoisotopic (exact) mass is 230 g/mol. The fourth-order valence-corrected chi connectivity index (χ4v) is 1.86. The van der Waals surface area contributed by atoms with E-state index in [0.717, 1.165) is 32.5 Å². The van der Waals surface area contributed by atoms with Crippen molar-refractivity contribution in [3.05, 3.63) is 0 Å². The van der Waals surface area contributed by atoms with Gasteiger partial charge in [0.1, 0.15) is 0 Å². The van der Waals surface area contributed by atoms with E-state index in [4.69, 9.17) is 4.74 Å². The maximum Gasteiger partial charge on any atom is 0.236 e. The summed E-state index contributed by atoms with van der Waals surface area (Å²) in [6, 6.07) is 0. The van der Waals surface area contributed by atoms with Crippen molar-refractivity contribution < 1.29 is 11.0 Å². The first-order chi connectivity index (χ1) is 7.63. The number of ether oxygens (including phenoxy) is 1. The van der Waals surface area contributed by atoms with E-state index in [1.54, 1.807) is 7.05 Å². The van der Waals surface area contributed by atoms with Gasteiger partial charge in [-0.1, -0.05) is 13.8 Å². The van der Waals surface area contributed by atoms with Crippen molar-refractivity contribution in [1.29, 1.82) is 0 Å². The number of amides is 1. The van der Waals surface area contributed by atoms with Crippen molar-refractivity contribution >= 4 is 5.91 Å². The van der Waals surface area contributed by atoms with E-state index in [1.165, 1.54) is 0 Å².